The summed E-state index contributed by atoms with van der Waals surface area (Å²) in [7, 11) is 0. The topological polar surface area (TPSA) is 75.6 Å². The van der Waals surface area contributed by atoms with Crippen molar-refractivity contribution in [2.45, 2.75) is 44.2 Å². The van der Waals surface area contributed by atoms with Gasteiger partial charge in [-0.25, -0.2) is 4.79 Å². The summed E-state index contributed by atoms with van der Waals surface area (Å²) in [5.74, 6) is -1.16. The maximum Gasteiger partial charge on any atom is 0.334 e. The molecule has 1 aromatic carbocycles. The van der Waals surface area contributed by atoms with Crippen molar-refractivity contribution < 1.29 is 19.4 Å². The summed E-state index contributed by atoms with van der Waals surface area (Å²) >= 11 is 0. The summed E-state index contributed by atoms with van der Waals surface area (Å²) in [4.78, 5) is 23.1. The van der Waals surface area contributed by atoms with Crippen LogP contribution in [0.3, 0.4) is 0 Å². The lowest BCUT2D eigenvalue weighted by Crippen LogP contribution is -2.44. The molecule has 2 atom stereocenters. The second-order valence-electron chi connectivity index (χ2n) is 5.73. The van der Waals surface area contributed by atoms with Crippen LogP contribution in [0.15, 0.2) is 18.2 Å². The Bertz CT molecular complexity index is 569. The molecule has 1 aromatic rings. The highest BCUT2D eigenvalue weighted by atomic mass is 16.5. The van der Waals surface area contributed by atoms with E-state index in [2.05, 4.69) is 17.4 Å². The smallest absolute Gasteiger partial charge is 0.334 e. The summed E-state index contributed by atoms with van der Waals surface area (Å²) in [6.45, 7) is 0.376. The molecule has 1 aliphatic carbocycles. The Morgan fingerprint density at radius 2 is 2.10 bits per heavy atom. The molecule has 1 aliphatic heterocycles. The van der Waals surface area contributed by atoms with E-state index in [4.69, 9.17) is 9.84 Å². The van der Waals surface area contributed by atoms with E-state index < -0.39 is 18.1 Å². The number of rotatable bonds is 4. The minimum Gasteiger partial charge on any atom is -0.479 e. The zero-order chi connectivity index (χ0) is 14.8. The number of aryl methyl sites for hydroxylation is 2. The molecule has 0 bridgehead atoms. The maximum atomic E-state index is 12.1. The molecule has 1 saturated heterocycles. The van der Waals surface area contributed by atoms with Gasteiger partial charge < -0.3 is 15.2 Å². The first kappa shape index (κ1) is 14.1. The van der Waals surface area contributed by atoms with E-state index in [1.165, 1.54) is 17.5 Å². The van der Waals surface area contributed by atoms with Crippen molar-refractivity contribution in [3.63, 3.8) is 0 Å². The van der Waals surface area contributed by atoms with Gasteiger partial charge in [0.15, 0.2) is 6.10 Å². The standard InChI is InChI=1S/C16H19NO4/c18-14(17-13-6-7-21-15(13)16(19)20)9-10-4-5-11-2-1-3-12(11)8-10/h4-5,8,13,15H,1-3,6-7,9H2,(H,17,18)(H,19,20)/t13-,15+/m0/s1. The molecule has 0 saturated carbocycles. The van der Waals surface area contributed by atoms with Crippen LogP contribution >= 0.6 is 0 Å². The predicted octanol–water partition coefficient (Wildman–Crippen LogP) is 1.08. The number of hydrogen-bond acceptors (Lipinski definition) is 3. The molecule has 0 aromatic heterocycles. The van der Waals surface area contributed by atoms with E-state index in [0.29, 0.717) is 13.0 Å². The quantitative estimate of drug-likeness (QED) is 0.869. The van der Waals surface area contributed by atoms with Crippen LogP contribution in [0.1, 0.15) is 29.5 Å². The molecule has 112 valence electrons. The van der Waals surface area contributed by atoms with Crippen LogP contribution in [0.2, 0.25) is 0 Å². The van der Waals surface area contributed by atoms with Crippen molar-refractivity contribution in [2.75, 3.05) is 6.61 Å². The van der Waals surface area contributed by atoms with Crippen molar-refractivity contribution in [3.8, 4) is 0 Å². The van der Waals surface area contributed by atoms with E-state index in [-0.39, 0.29) is 12.3 Å². The molecule has 3 rings (SSSR count). The molecule has 2 aliphatic rings. The molecule has 21 heavy (non-hydrogen) atoms. The van der Waals surface area contributed by atoms with Gasteiger partial charge in [0.1, 0.15) is 0 Å². The van der Waals surface area contributed by atoms with Gasteiger partial charge in [0, 0.05) is 6.61 Å². The lowest BCUT2D eigenvalue weighted by molar-refractivity contribution is -0.148. The van der Waals surface area contributed by atoms with Gasteiger partial charge in [0.2, 0.25) is 5.91 Å². The largest absolute Gasteiger partial charge is 0.479 e. The number of fused-ring (bicyclic) bond motifs is 1. The third-order valence-corrected chi connectivity index (χ3v) is 4.21. The Balaban J connectivity index is 1.60. The second-order valence-corrected chi connectivity index (χ2v) is 5.73. The molecular weight excluding hydrogens is 270 g/mol. The van der Waals surface area contributed by atoms with Crippen LogP contribution in [0.5, 0.6) is 0 Å². The number of amides is 1. The minimum atomic E-state index is -1.02. The number of carboxylic acids is 1. The van der Waals surface area contributed by atoms with Crippen molar-refractivity contribution in [1.82, 2.24) is 5.32 Å². The summed E-state index contributed by atoms with van der Waals surface area (Å²) in [6.07, 6.45) is 3.31. The second kappa shape index (κ2) is 5.85. The average Bonchev–Trinajstić information content (AvgIpc) is 3.06. The van der Waals surface area contributed by atoms with Crippen molar-refractivity contribution in [3.05, 3.63) is 34.9 Å². The van der Waals surface area contributed by atoms with Gasteiger partial charge in [-0.15, -0.1) is 0 Å². The zero-order valence-corrected chi connectivity index (χ0v) is 11.8. The van der Waals surface area contributed by atoms with Crippen LogP contribution in [-0.2, 0) is 33.6 Å². The Morgan fingerprint density at radius 3 is 2.90 bits per heavy atom. The molecular formula is C16H19NO4. The highest BCUT2D eigenvalue weighted by Crippen LogP contribution is 2.23. The number of hydrogen-bond donors (Lipinski definition) is 2. The Kier molecular flexibility index (Phi) is 3.92. The van der Waals surface area contributed by atoms with Gasteiger partial charge >= 0.3 is 5.97 Å². The van der Waals surface area contributed by atoms with E-state index >= 15 is 0 Å². The third kappa shape index (κ3) is 3.08. The summed E-state index contributed by atoms with van der Waals surface area (Å²) in [6, 6.07) is 5.76. The van der Waals surface area contributed by atoms with Crippen molar-refractivity contribution in [1.29, 1.82) is 0 Å². The maximum absolute atomic E-state index is 12.1. The molecule has 1 heterocycles. The molecule has 1 fully saturated rings. The van der Waals surface area contributed by atoms with Gasteiger partial charge in [-0.3, -0.25) is 4.79 Å². The van der Waals surface area contributed by atoms with Crippen LogP contribution in [0, 0.1) is 0 Å². The highest BCUT2D eigenvalue weighted by Gasteiger charge is 2.35. The third-order valence-electron chi connectivity index (χ3n) is 4.21. The molecule has 1 amide bonds. The Labute approximate surface area is 123 Å². The highest BCUT2D eigenvalue weighted by molar-refractivity contribution is 5.81. The van der Waals surface area contributed by atoms with Gasteiger partial charge in [0.05, 0.1) is 12.5 Å². The van der Waals surface area contributed by atoms with E-state index in [1.807, 2.05) is 6.07 Å². The first-order chi connectivity index (χ1) is 10.1. The molecule has 0 radical (unpaired) electrons. The fraction of sp³-hybridized carbons (Fsp3) is 0.500. The van der Waals surface area contributed by atoms with Gasteiger partial charge in [0.25, 0.3) is 0 Å². The van der Waals surface area contributed by atoms with E-state index in [1.54, 1.807) is 0 Å². The predicted molar refractivity (Wildman–Crippen MR) is 76.1 cm³/mol. The summed E-state index contributed by atoms with van der Waals surface area (Å²) in [5.41, 5.74) is 3.71. The van der Waals surface area contributed by atoms with Crippen molar-refractivity contribution in [2.24, 2.45) is 0 Å². The van der Waals surface area contributed by atoms with Crippen LogP contribution < -0.4 is 5.32 Å². The molecule has 5 nitrogen and oxygen atoms in total. The summed E-state index contributed by atoms with van der Waals surface area (Å²) < 4.78 is 5.12. The van der Waals surface area contributed by atoms with Gasteiger partial charge in [-0.05, 0) is 42.4 Å². The fourth-order valence-electron chi connectivity index (χ4n) is 3.16. The normalized spacial score (nSPS) is 23.8. The SMILES string of the molecule is O=C(Cc1ccc2c(c1)CCC2)N[C@H]1CCO[C@H]1C(=O)O. The Hall–Kier alpha value is -1.88. The number of carbonyl (C=O) groups excluding carboxylic acids is 1. The van der Waals surface area contributed by atoms with Crippen molar-refractivity contribution >= 4 is 11.9 Å². The first-order valence-corrected chi connectivity index (χ1v) is 7.38. The number of ether oxygens (including phenoxy) is 1. The first-order valence-electron chi connectivity index (χ1n) is 7.38. The van der Waals surface area contributed by atoms with Crippen LogP contribution in [0.4, 0.5) is 0 Å². The van der Waals surface area contributed by atoms with Crippen LogP contribution in [-0.4, -0.2) is 35.7 Å². The number of carboxylic acid groups (broad SMARTS) is 1. The number of benzene rings is 1. The Morgan fingerprint density at radius 1 is 1.29 bits per heavy atom. The fourth-order valence-corrected chi connectivity index (χ4v) is 3.16. The zero-order valence-electron chi connectivity index (χ0n) is 11.8. The number of nitrogens with one attached hydrogen (secondary N) is 1. The molecule has 2 N–H and O–H groups in total. The average molecular weight is 289 g/mol. The lowest BCUT2D eigenvalue weighted by atomic mass is 10.0. The minimum absolute atomic E-state index is 0.144. The molecule has 0 unspecified atom stereocenters. The monoisotopic (exact) mass is 289 g/mol. The number of aliphatic carboxylic acids is 1. The summed E-state index contributed by atoms with van der Waals surface area (Å²) in [5, 5.41) is 11.8. The van der Waals surface area contributed by atoms with E-state index in [0.717, 1.165) is 18.4 Å². The van der Waals surface area contributed by atoms with Gasteiger partial charge in [-0.2, -0.15) is 0 Å². The van der Waals surface area contributed by atoms with E-state index in [9.17, 15) is 9.59 Å². The van der Waals surface area contributed by atoms with Gasteiger partial charge in [-0.1, -0.05) is 18.2 Å². The molecule has 5 heteroatoms. The molecule has 0 spiro atoms. The number of carbonyl (C=O) groups is 2. The van der Waals surface area contributed by atoms with Crippen LogP contribution in [0.25, 0.3) is 0 Å². The lowest BCUT2D eigenvalue weighted by Gasteiger charge is -2.16.